The average Bonchev–Trinajstić information content (AvgIpc) is 3.25. The molecule has 1 atom stereocenters. The molecule has 1 unspecified atom stereocenters. The second-order valence-corrected chi connectivity index (χ2v) is 6.60. The summed E-state index contributed by atoms with van der Waals surface area (Å²) in [6.07, 6.45) is 4.99. The monoisotopic (exact) mass is 458 g/mol. The number of halogens is 1. The summed E-state index contributed by atoms with van der Waals surface area (Å²) in [5, 5.41) is 6.77. The first-order valence-electron chi connectivity index (χ1n) is 9.34. The van der Waals surface area contributed by atoms with Crippen LogP contribution in [0.5, 0.6) is 5.75 Å². The van der Waals surface area contributed by atoms with Gasteiger partial charge in [0.1, 0.15) is 11.9 Å². The van der Waals surface area contributed by atoms with Gasteiger partial charge in [-0.2, -0.15) is 0 Å². The summed E-state index contributed by atoms with van der Waals surface area (Å²) >= 11 is 0. The van der Waals surface area contributed by atoms with Crippen molar-refractivity contribution in [3.63, 3.8) is 0 Å². The van der Waals surface area contributed by atoms with Gasteiger partial charge in [0.25, 0.3) is 0 Å². The van der Waals surface area contributed by atoms with Crippen LogP contribution in [0, 0.1) is 0 Å². The van der Waals surface area contributed by atoms with Crippen LogP contribution >= 0.6 is 24.0 Å². The summed E-state index contributed by atoms with van der Waals surface area (Å²) in [4.78, 5) is 7.25. The molecule has 6 heteroatoms. The maximum absolute atomic E-state index is 5.96. The molecule has 0 saturated carbocycles. The molecule has 1 aromatic rings. The van der Waals surface area contributed by atoms with E-state index in [1.807, 2.05) is 12.1 Å². The lowest BCUT2D eigenvalue weighted by molar-refractivity contribution is 0.241. The quantitative estimate of drug-likeness (QED) is 0.286. The molecule has 0 aliphatic carbocycles. The molecular formula is C19H31IN4O. The van der Waals surface area contributed by atoms with Gasteiger partial charge in [-0.25, -0.2) is 4.99 Å². The SMILES string of the molecule is CCNC(=NCC1Cc2ccccc2O1)NCCCN1CCCC1.I. The molecule has 0 spiro atoms. The molecule has 5 nitrogen and oxygen atoms in total. The van der Waals surface area contributed by atoms with Gasteiger partial charge < -0.3 is 20.3 Å². The van der Waals surface area contributed by atoms with E-state index in [1.54, 1.807) is 0 Å². The zero-order valence-electron chi connectivity index (χ0n) is 15.2. The van der Waals surface area contributed by atoms with Crippen molar-refractivity contribution in [3.8, 4) is 5.75 Å². The summed E-state index contributed by atoms with van der Waals surface area (Å²) in [7, 11) is 0. The third kappa shape index (κ3) is 6.33. The zero-order valence-corrected chi connectivity index (χ0v) is 17.5. The first-order chi connectivity index (χ1) is 11.8. The number of hydrogen-bond acceptors (Lipinski definition) is 3. The van der Waals surface area contributed by atoms with Crippen LogP contribution in [-0.2, 0) is 6.42 Å². The fourth-order valence-corrected chi connectivity index (χ4v) is 3.41. The molecule has 0 radical (unpaired) electrons. The Bertz CT molecular complexity index is 521. The van der Waals surface area contributed by atoms with Crippen molar-refractivity contribution in [2.45, 2.75) is 38.7 Å². The van der Waals surface area contributed by atoms with Crippen molar-refractivity contribution in [1.82, 2.24) is 15.5 Å². The van der Waals surface area contributed by atoms with E-state index >= 15 is 0 Å². The van der Waals surface area contributed by atoms with Gasteiger partial charge in [0.15, 0.2) is 5.96 Å². The Morgan fingerprint density at radius 2 is 2.04 bits per heavy atom. The number of nitrogens with one attached hydrogen (secondary N) is 2. The molecule has 1 fully saturated rings. The lowest BCUT2D eigenvalue weighted by Crippen LogP contribution is -2.39. The van der Waals surface area contributed by atoms with E-state index in [2.05, 4.69) is 34.6 Å². The molecule has 0 aromatic heterocycles. The van der Waals surface area contributed by atoms with Crippen molar-refractivity contribution >= 4 is 29.9 Å². The Hall–Kier alpha value is -1.02. The summed E-state index contributed by atoms with van der Waals surface area (Å²) in [5.41, 5.74) is 1.29. The fraction of sp³-hybridized carbons (Fsp3) is 0.632. The van der Waals surface area contributed by atoms with Gasteiger partial charge in [0.05, 0.1) is 6.54 Å². The highest BCUT2D eigenvalue weighted by Crippen LogP contribution is 2.28. The highest BCUT2D eigenvalue weighted by Gasteiger charge is 2.21. The van der Waals surface area contributed by atoms with Gasteiger partial charge in [0, 0.05) is 19.5 Å². The molecule has 1 aromatic carbocycles. The molecule has 2 heterocycles. The largest absolute Gasteiger partial charge is 0.488 e. The molecule has 140 valence electrons. The van der Waals surface area contributed by atoms with E-state index in [0.717, 1.165) is 37.6 Å². The maximum Gasteiger partial charge on any atom is 0.191 e. The molecule has 25 heavy (non-hydrogen) atoms. The molecular weight excluding hydrogens is 427 g/mol. The van der Waals surface area contributed by atoms with E-state index in [1.165, 1.54) is 38.0 Å². The van der Waals surface area contributed by atoms with Gasteiger partial charge in [-0.3, -0.25) is 0 Å². The van der Waals surface area contributed by atoms with E-state index in [-0.39, 0.29) is 30.1 Å². The molecule has 2 N–H and O–H groups in total. The van der Waals surface area contributed by atoms with Gasteiger partial charge in [-0.1, -0.05) is 18.2 Å². The smallest absolute Gasteiger partial charge is 0.191 e. The minimum absolute atomic E-state index is 0. The van der Waals surface area contributed by atoms with Crippen LogP contribution in [-0.4, -0.2) is 56.2 Å². The van der Waals surface area contributed by atoms with Crippen molar-refractivity contribution < 1.29 is 4.74 Å². The number of guanidine groups is 1. The third-order valence-corrected chi connectivity index (χ3v) is 4.65. The normalized spacial score (nSPS) is 19.9. The summed E-state index contributed by atoms with van der Waals surface area (Å²) in [6.45, 7) is 8.37. The Morgan fingerprint density at radius 3 is 2.80 bits per heavy atom. The van der Waals surface area contributed by atoms with Crippen molar-refractivity contribution in [2.75, 3.05) is 39.3 Å². The standard InChI is InChI=1S/C19H30N4O.HI/c1-2-20-19(21-10-7-13-23-11-5-6-12-23)22-15-17-14-16-8-3-4-9-18(16)24-17;/h3-4,8-9,17H,2,5-7,10-15H2,1H3,(H2,20,21,22);1H. The highest BCUT2D eigenvalue weighted by molar-refractivity contribution is 14.0. The molecule has 2 aliphatic rings. The Labute approximate surface area is 168 Å². The number of benzene rings is 1. The Morgan fingerprint density at radius 1 is 1.24 bits per heavy atom. The van der Waals surface area contributed by atoms with Gasteiger partial charge in [0.2, 0.25) is 0 Å². The first kappa shape index (κ1) is 20.3. The van der Waals surface area contributed by atoms with Crippen LogP contribution in [0.2, 0.25) is 0 Å². The van der Waals surface area contributed by atoms with Crippen molar-refractivity contribution in [2.24, 2.45) is 4.99 Å². The number of nitrogens with zero attached hydrogens (tertiary/aromatic N) is 2. The molecule has 0 bridgehead atoms. The van der Waals surface area contributed by atoms with Gasteiger partial charge >= 0.3 is 0 Å². The van der Waals surface area contributed by atoms with Crippen LogP contribution in [0.15, 0.2) is 29.3 Å². The lowest BCUT2D eigenvalue weighted by atomic mass is 10.1. The van der Waals surface area contributed by atoms with Gasteiger partial charge in [-0.05, 0) is 57.5 Å². The Balaban J connectivity index is 0.00000225. The van der Waals surface area contributed by atoms with Crippen molar-refractivity contribution in [1.29, 1.82) is 0 Å². The maximum atomic E-state index is 5.96. The molecule has 0 amide bonds. The van der Waals surface area contributed by atoms with E-state index in [0.29, 0.717) is 6.54 Å². The van der Waals surface area contributed by atoms with E-state index < -0.39 is 0 Å². The van der Waals surface area contributed by atoms with Crippen LogP contribution in [0.4, 0.5) is 0 Å². The summed E-state index contributed by atoms with van der Waals surface area (Å²) in [6, 6.07) is 8.28. The van der Waals surface area contributed by atoms with Gasteiger partial charge in [-0.15, -0.1) is 24.0 Å². The minimum Gasteiger partial charge on any atom is -0.488 e. The average molecular weight is 458 g/mol. The van der Waals surface area contributed by atoms with Crippen LogP contribution in [0.1, 0.15) is 31.7 Å². The topological polar surface area (TPSA) is 48.9 Å². The fourth-order valence-electron chi connectivity index (χ4n) is 3.41. The summed E-state index contributed by atoms with van der Waals surface area (Å²) in [5.74, 6) is 1.92. The number of ether oxygens (including phenoxy) is 1. The molecule has 2 aliphatic heterocycles. The lowest BCUT2D eigenvalue weighted by Gasteiger charge is -2.16. The van der Waals surface area contributed by atoms with E-state index in [9.17, 15) is 0 Å². The number of para-hydroxylation sites is 1. The minimum atomic E-state index is 0. The molecule has 3 rings (SSSR count). The highest BCUT2D eigenvalue weighted by atomic mass is 127. The molecule has 1 saturated heterocycles. The Kier molecular flexibility index (Phi) is 8.81. The van der Waals surface area contributed by atoms with Crippen LogP contribution in [0.3, 0.4) is 0 Å². The van der Waals surface area contributed by atoms with E-state index in [4.69, 9.17) is 9.73 Å². The number of likely N-dealkylation sites (tertiary alicyclic amines) is 1. The second-order valence-electron chi connectivity index (χ2n) is 6.60. The third-order valence-electron chi connectivity index (χ3n) is 4.65. The number of rotatable bonds is 7. The predicted molar refractivity (Wildman–Crippen MR) is 114 cm³/mol. The second kappa shape index (κ2) is 10.9. The van der Waals surface area contributed by atoms with Crippen molar-refractivity contribution in [3.05, 3.63) is 29.8 Å². The first-order valence-corrected chi connectivity index (χ1v) is 9.34. The predicted octanol–water partition coefficient (Wildman–Crippen LogP) is 2.65. The zero-order chi connectivity index (χ0) is 16.6. The number of hydrogen-bond donors (Lipinski definition) is 2. The van der Waals surface area contributed by atoms with Crippen LogP contribution in [0.25, 0.3) is 0 Å². The summed E-state index contributed by atoms with van der Waals surface area (Å²) < 4.78 is 5.96. The number of aliphatic imine (C=N–C) groups is 1. The van der Waals surface area contributed by atoms with Crippen LogP contribution < -0.4 is 15.4 Å². The number of fused-ring (bicyclic) bond motifs is 1.